The molecule has 0 fully saturated rings. The normalized spacial score (nSPS) is 14.1. The van der Waals surface area contributed by atoms with Crippen LogP contribution in [-0.4, -0.2) is 19.4 Å². The zero-order valence-electron chi connectivity index (χ0n) is 8.88. The van der Waals surface area contributed by atoms with Gasteiger partial charge >= 0.3 is 6.18 Å². The van der Waals surface area contributed by atoms with Crippen molar-refractivity contribution >= 4 is 0 Å². The van der Waals surface area contributed by atoms with Gasteiger partial charge in [-0.2, -0.15) is 13.2 Å². The molecule has 0 aliphatic carbocycles. The third-order valence-electron chi connectivity index (χ3n) is 1.97. The van der Waals surface area contributed by atoms with E-state index in [1.807, 2.05) is 0 Å². The maximum Gasteiger partial charge on any atom is 0.411 e. The summed E-state index contributed by atoms with van der Waals surface area (Å²) in [5.41, 5.74) is 5.70. The zero-order valence-corrected chi connectivity index (χ0v) is 8.88. The zero-order chi connectivity index (χ0) is 12.2. The average molecular weight is 237 g/mol. The van der Waals surface area contributed by atoms with E-state index in [0.717, 1.165) is 5.76 Å². The standard InChI is InChI=1S/C10H14F3NO2/c1-7-2-3-9(16-7)8(14)4-5-15-6-10(11,12)13/h2-3,8H,4-6,14H2,1H3. The van der Waals surface area contributed by atoms with E-state index in [0.29, 0.717) is 12.2 Å². The number of halogens is 3. The van der Waals surface area contributed by atoms with Crippen molar-refractivity contribution in [2.24, 2.45) is 5.73 Å². The van der Waals surface area contributed by atoms with E-state index in [4.69, 9.17) is 10.2 Å². The SMILES string of the molecule is Cc1ccc(C(N)CCOCC(F)(F)F)o1. The summed E-state index contributed by atoms with van der Waals surface area (Å²) >= 11 is 0. The molecule has 1 aromatic rings. The van der Waals surface area contributed by atoms with Crippen LogP contribution >= 0.6 is 0 Å². The third-order valence-corrected chi connectivity index (χ3v) is 1.97. The molecule has 0 aromatic carbocycles. The summed E-state index contributed by atoms with van der Waals surface area (Å²) in [7, 11) is 0. The minimum atomic E-state index is -4.29. The second kappa shape index (κ2) is 5.36. The largest absolute Gasteiger partial charge is 0.465 e. The number of hydrogen-bond acceptors (Lipinski definition) is 3. The predicted molar refractivity (Wildman–Crippen MR) is 51.9 cm³/mol. The molecule has 0 saturated heterocycles. The van der Waals surface area contributed by atoms with E-state index in [1.165, 1.54) is 0 Å². The summed E-state index contributed by atoms with van der Waals surface area (Å²) in [5.74, 6) is 1.29. The van der Waals surface area contributed by atoms with Crippen LogP contribution in [0, 0.1) is 6.92 Å². The molecular weight excluding hydrogens is 223 g/mol. The van der Waals surface area contributed by atoms with E-state index in [2.05, 4.69) is 4.74 Å². The molecule has 1 heterocycles. The van der Waals surface area contributed by atoms with Gasteiger partial charge in [0.15, 0.2) is 0 Å². The predicted octanol–water partition coefficient (Wildman–Crippen LogP) is 2.56. The molecule has 1 unspecified atom stereocenters. The number of aryl methyl sites for hydroxylation is 1. The van der Waals surface area contributed by atoms with E-state index < -0.39 is 18.8 Å². The second-order valence-corrected chi connectivity index (χ2v) is 3.51. The summed E-state index contributed by atoms with van der Waals surface area (Å²) in [6.45, 7) is 0.494. The Hall–Kier alpha value is -1.01. The van der Waals surface area contributed by atoms with E-state index >= 15 is 0 Å². The Kier molecular flexibility index (Phi) is 4.37. The van der Waals surface area contributed by atoms with Crippen molar-refractivity contribution in [1.82, 2.24) is 0 Å². The van der Waals surface area contributed by atoms with Crippen LogP contribution in [0.3, 0.4) is 0 Å². The smallest absolute Gasteiger partial charge is 0.411 e. The van der Waals surface area contributed by atoms with Gasteiger partial charge in [-0.15, -0.1) is 0 Å². The Labute approximate surface area is 91.4 Å². The maximum atomic E-state index is 11.7. The highest BCUT2D eigenvalue weighted by molar-refractivity contribution is 5.08. The van der Waals surface area contributed by atoms with Crippen LogP contribution in [0.1, 0.15) is 24.0 Å². The van der Waals surface area contributed by atoms with Gasteiger partial charge in [-0.3, -0.25) is 0 Å². The van der Waals surface area contributed by atoms with Gasteiger partial charge in [-0.25, -0.2) is 0 Å². The topological polar surface area (TPSA) is 48.4 Å². The lowest BCUT2D eigenvalue weighted by Gasteiger charge is -2.10. The lowest BCUT2D eigenvalue weighted by atomic mass is 10.2. The summed E-state index contributed by atoms with van der Waals surface area (Å²) < 4.78 is 44.9. The van der Waals surface area contributed by atoms with Crippen molar-refractivity contribution in [3.63, 3.8) is 0 Å². The fourth-order valence-electron chi connectivity index (χ4n) is 1.19. The Morgan fingerprint density at radius 2 is 2.12 bits per heavy atom. The van der Waals surface area contributed by atoms with Crippen LogP contribution in [0.4, 0.5) is 13.2 Å². The van der Waals surface area contributed by atoms with Crippen molar-refractivity contribution in [2.45, 2.75) is 25.6 Å². The van der Waals surface area contributed by atoms with Crippen molar-refractivity contribution in [3.8, 4) is 0 Å². The van der Waals surface area contributed by atoms with Gasteiger partial charge in [-0.05, 0) is 25.5 Å². The van der Waals surface area contributed by atoms with Gasteiger partial charge in [0.2, 0.25) is 0 Å². The van der Waals surface area contributed by atoms with Gasteiger partial charge in [0, 0.05) is 6.61 Å². The lowest BCUT2D eigenvalue weighted by molar-refractivity contribution is -0.174. The van der Waals surface area contributed by atoms with Crippen molar-refractivity contribution in [3.05, 3.63) is 23.7 Å². The quantitative estimate of drug-likeness (QED) is 0.800. The monoisotopic (exact) mass is 237 g/mol. The van der Waals surface area contributed by atoms with Crippen LogP contribution in [0.5, 0.6) is 0 Å². The molecule has 0 spiro atoms. The summed E-state index contributed by atoms with van der Waals surface area (Å²) in [4.78, 5) is 0. The lowest BCUT2D eigenvalue weighted by Crippen LogP contribution is -2.19. The molecule has 1 rings (SSSR count). The molecule has 0 amide bonds. The van der Waals surface area contributed by atoms with E-state index in [-0.39, 0.29) is 6.61 Å². The molecule has 1 atom stereocenters. The van der Waals surface area contributed by atoms with Crippen molar-refractivity contribution in [2.75, 3.05) is 13.2 Å². The summed E-state index contributed by atoms with van der Waals surface area (Å²) in [6.07, 6.45) is -3.99. The van der Waals surface area contributed by atoms with Gasteiger partial charge in [-0.1, -0.05) is 0 Å². The first kappa shape index (κ1) is 13.1. The highest BCUT2D eigenvalue weighted by Gasteiger charge is 2.27. The molecule has 1 aromatic heterocycles. The minimum absolute atomic E-state index is 0.0412. The summed E-state index contributed by atoms with van der Waals surface area (Å²) in [5, 5.41) is 0. The number of alkyl halides is 3. The number of furan rings is 1. The molecule has 92 valence electrons. The van der Waals surface area contributed by atoms with Gasteiger partial charge < -0.3 is 14.9 Å². The van der Waals surface area contributed by atoms with Gasteiger partial charge in [0.1, 0.15) is 18.1 Å². The van der Waals surface area contributed by atoms with E-state index in [1.54, 1.807) is 19.1 Å². The Balaban J connectivity index is 2.23. The average Bonchev–Trinajstić information content (AvgIpc) is 2.57. The molecule has 0 aliphatic heterocycles. The third kappa shape index (κ3) is 4.67. The number of nitrogens with two attached hydrogens (primary N) is 1. The molecule has 0 saturated carbocycles. The first-order valence-electron chi connectivity index (χ1n) is 4.85. The number of ether oxygens (including phenoxy) is 1. The molecule has 0 radical (unpaired) electrons. The van der Waals surface area contributed by atoms with Crippen molar-refractivity contribution in [1.29, 1.82) is 0 Å². The molecule has 0 aliphatic rings. The molecule has 0 bridgehead atoms. The van der Waals surface area contributed by atoms with Gasteiger partial charge in [0.25, 0.3) is 0 Å². The summed E-state index contributed by atoms with van der Waals surface area (Å²) in [6, 6.07) is 3.04. The first-order chi connectivity index (χ1) is 7.38. The van der Waals surface area contributed by atoms with Crippen LogP contribution in [0.2, 0.25) is 0 Å². The fourth-order valence-corrected chi connectivity index (χ4v) is 1.19. The highest BCUT2D eigenvalue weighted by atomic mass is 19.4. The number of rotatable bonds is 5. The molecule has 16 heavy (non-hydrogen) atoms. The molecule has 6 heteroatoms. The van der Waals surface area contributed by atoms with Gasteiger partial charge in [0.05, 0.1) is 6.04 Å². The van der Waals surface area contributed by atoms with E-state index in [9.17, 15) is 13.2 Å². The Morgan fingerprint density at radius 3 is 2.62 bits per heavy atom. The maximum absolute atomic E-state index is 11.7. The van der Waals surface area contributed by atoms with Crippen LogP contribution in [-0.2, 0) is 4.74 Å². The Morgan fingerprint density at radius 1 is 1.44 bits per heavy atom. The first-order valence-corrected chi connectivity index (χ1v) is 4.85. The van der Waals surface area contributed by atoms with Crippen LogP contribution in [0.25, 0.3) is 0 Å². The molecule has 2 N–H and O–H groups in total. The second-order valence-electron chi connectivity index (χ2n) is 3.51. The van der Waals surface area contributed by atoms with Crippen molar-refractivity contribution < 1.29 is 22.3 Å². The molecule has 3 nitrogen and oxygen atoms in total. The van der Waals surface area contributed by atoms with Crippen LogP contribution < -0.4 is 5.73 Å². The fraction of sp³-hybridized carbons (Fsp3) is 0.600. The molecular formula is C10H14F3NO2. The number of hydrogen-bond donors (Lipinski definition) is 1. The minimum Gasteiger partial charge on any atom is -0.465 e. The van der Waals surface area contributed by atoms with Crippen LogP contribution in [0.15, 0.2) is 16.5 Å². The highest BCUT2D eigenvalue weighted by Crippen LogP contribution is 2.18. The Bertz CT molecular complexity index is 322.